The normalized spacial score (nSPS) is 32.9. The third kappa shape index (κ3) is 2.80. The molecule has 0 bridgehead atoms. The fraction of sp³-hybridized carbons (Fsp3) is 0.800. The lowest BCUT2D eigenvalue weighted by molar-refractivity contribution is 0.144. The number of piperidine rings is 1. The first-order valence-electron chi connectivity index (χ1n) is 4.73. The number of hydrogen-bond donors (Lipinski definition) is 0. The van der Waals surface area contributed by atoms with Crippen LogP contribution in [0.15, 0.2) is 11.6 Å². The predicted octanol–water partition coefficient (Wildman–Crippen LogP) is 2.86. The van der Waals surface area contributed by atoms with Gasteiger partial charge in [0.1, 0.15) is 0 Å². The molecule has 2 atom stereocenters. The van der Waals surface area contributed by atoms with Crippen molar-refractivity contribution in [3.05, 3.63) is 11.6 Å². The Morgan fingerprint density at radius 1 is 1.50 bits per heavy atom. The highest BCUT2D eigenvalue weighted by atomic mass is 35.5. The molecule has 2 heteroatoms. The van der Waals surface area contributed by atoms with Crippen molar-refractivity contribution in [3.8, 4) is 0 Å². The van der Waals surface area contributed by atoms with Gasteiger partial charge >= 0.3 is 0 Å². The Kier molecular flexibility index (Phi) is 4.10. The van der Waals surface area contributed by atoms with Gasteiger partial charge in [-0.2, -0.15) is 0 Å². The molecule has 0 aromatic carbocycles. The number of halogens is 1. The Hall–Kier alpha value is -0.0100. The summed E-state index contributed by atoms with van der Waals surface area (Å²) in [5.74, 6) is 0.899. The van der Waals surface area contributed by atoms with E-state index in [1.807, 2.05) is 6.08 Å². The van der Waals surface area contributed by atoms with E-state index in [9.17, 15) is 0 Å². The molecule has 0 N–H and O–H groups in total. The van der Waals surface area contributed by atoms with Gasteiger partial charge in [-0.1, -0.05) is 24.6 Å². The summed E-state index contributed by atoms with van der Waals surface area (Å²) in [5, 5.41) is 0. The van der Waals surface area contributed by atoms with Crippen LogP contribution in [0.5, 0.6) is 0 Å². The zero-order chi connectivity index (χ0) is 8.97. The third-order valence-corrected chi connectivity index (χ3v) is 2.88. The summed E-state index contributed by atoms with van der Waals surface area (Å²) in [6, 6.07) is 0.724. The molecule has 0 spiro atoms. The predicted molar refractivity (Wildman–Crippen MR) is 54.4 cm³/mol. The van der Waals surface area contributed by atoms with Crippen LogP contribution in [0.3, 0.4) is 0 Å². The first kappa shape index (κ1) is 10.1. The van der Waals surface area contributed by atoms with Crippen LogP contribution in [-0.4, -0.2) is 24.0 Å². The molecule has 12 heavy (non-hydrogen) atoms. The minimum Gasteiger partial charge on any atom is -0.297 e. The van der Waals surface area contributed by atoms with E-state index in [0.29, 0.717) is 0 Å². The highest BCUT2D eigenvalue weighted by Gasteiger charge is 2.21. The van der Waals surface area contributed by atoms with E-state index in [0.717, 1.165) is 18.5 Å². The minimum atomic E-state index is 0.724. The van der Waals surface area contributed by atoms with Crippen molar-refractivity contribution >= 4 is 11.6 Å². The summed E-state index contributed by atoms with van der Waals surface area (Å²) in [5.41, 5.74) is 1.62. The average Bonchev–Trinajstić information content (AvgIpc) is 2.03. The molecule has 1 nitrogen and oxygen atoms in total. The molecule has 1 aliphatic rings. The van der Waals surface area contributed by atoms with Gasteiger partial charge in [-0.05, 0) is 32.2 Å². The zero-order valence-corrected chi connectivity index (χ0v) is 8.72. The number of likely N-dealkylation sites (tertiary alicyclic amines) is 1. The van der Waals surface area contributed by atoms with Gasteiger partial charge in [-0.3, -0.25) is 4.90 Å². The number of rotatable bonds is 2. The van der Waals surface area contributed by atoms with E-state index >= 15 is 0 Å². The van der Waals surface area contributed by atoms with Crippen LogP contribution in [0.1, 0.15) is 26.7 Å². The van der Waals surface area contributed by atoms with Gasteiger partial charge in [0.2, 0.25) is 0 Å². The second-order valence-electron chi connectivity index (χ2n) is 3.84. The van der Waals surface area contributed by atoms with Gasteiger partial charge < -0.3 is 0 Å². The van der Waals surface area contributed by atoms with Crippen molar-refractivity contribution in [1.82, 2.24) is 4.90 Å². The van der Waals surface area contributed by atoms with Gasteiger partial charge in [-0.25, -0.2) is 0 Å². The summed E-state index contributed by atoms with van der Waals surface area (Å²) in [6.45, 7) is 6.88. The van der Waals surface area contributed by atoms with E-state index in [-0.39, 0.29) is 0 Å². The Bertz CT molecular complexity index is 156. The maximum atomic E-state index is 5.49. The van der Waals surface area contributed by atoms with Crippen LogP contribution in [0, 0.1) is 5.92 Å². The van der Waals surface area contributed by atoms with Crippen LogP contribution in [-0.2, 0) is 0 Å². The first-order chi connectivity index (χ1) is 5.74. The Morgan fingerprint density at radius 3 is 2.83 bits per heavy atom. The number of nitrogens with zero attached hydrogens (tertiary/aromatic N) is 1. The lowest BCUT2D eigenvalue weighted by Gasteiger charge is -2.35. The molecule has 70 valence electrons. The molecule has 0 aromatic heterocycles. The van der Waals surface area contributed by atoms with Crippen molar-refractivity contribution in [2.24, 2.45) is 5.92 Å². The quantitative estimate of drug-likeness (QED) is 0.643. The van der Waals surface area contributed by atoms with Crippen molar-refractivity contribution in [2.75, 3.05) is 13.1 Å². The van der Waals surface area contributed by atoms with Crippen LogP contribution in [0.25, 0.3) is 0 Å². The van der Waals surface area contributed by atoms with Crippen molar-refractivity contribution in [2.45, 2.75) is 32.7 Å². The summed E-state index contributed by atoms with van der Waals surface area (Å²) in [4.78, 5) is 2.48. The Labute approximate surface area is 80.4 Å². The maximum absolute atomic E-state index is 5.49. The van der Waals surface area contributed by atoms with E-state index in [2.05, 4.69) is 18.7 Å². The summed E-state index contributed by atoms with van der Waals surface area (Å²) < 4.78 is 0. The van der Waals surface area contributed by atoms with Crippen LogP contribution >= 0.6 is 11.6 Å². The molecule has 0 saturated carbocycles. The van der Waals surface area contributed by atoms with Crippen molar-refractivity contribution in [1.29, 1.82) is 0 Å². The highest BCUT2D eigenvalue weighted by Crippen LogP contribution is 2.21. The van der Waals surface area contributed by atoms with Crippen LogP contribution in [0.4, 0.5) is 0 Å². The molecule has 1 fully saturated rings. The van der Waals surface area contributed by atoms with Crippen LogP contribution in [0.2, 0.25) is 0 Å². The maximum Gasteiger partial charge on any atom is 0.0177 e. The SMILES string of the molecule is CC1CCN(C/C=C/Cl)C(C)C1. The summed E-state index contributed by atoms with van der Waals surface area (Å²) in [7, 11) is 0. The van der Waals surface area contributed by atoms with Gasteiger partial charge in [0.25, 0.3) is 0 Å². The van der Waals surface area contributed by atoms with Gasteiger partial charge in [0.05, 0.1) is 0 Å². The van der Waals surface area contributed by atoms with Gasteiger partial charge in [0.15, 0.2) is 0 Å². The first-order valence-corrected chi connectivity index (χ1v) is 5.17. The number of hydrogen-bond acceptors (Lipinski definition) is 1. The molecule has 1 heterocycles. The second-order valence-corrected chi connectivity index (χ2v) is 4.09. The van der Waals surface area contributed by atoms with E-state index in [1.54, 1.807) is 5.54 Å². The fourth-order valence-corrected chi connectivity index (χ4v) is 1.98. The minimum absolute atomic E-state index is 0.724. The third-order valence-electron chi connectivity index (χ3n) is 2.70. The lowest BCUT2D eigenvalue weighted by atomic mass is 9.93. The molecular formula is C10H18ClN. The Morgan fingerprint density at radius 2 is 2.25 bits per heavy atom. The fourth-order valence-electron chi connectivity index (χ4n) is 1.90. The lowest BCUT2D eigenvalue weighted by Crippen LogP contribution is -2.40. The van der Waals surface area contributed by atoms with E-state index < -0.39 is 0 Å². The second kappa shape index (κ2) is 4.88. The topological polar surface area (TPSA) is 3.24 Å². The van der Waals surface area contributed by atoms with Crippen molar-refractivity contribution in [3.63, 3.8) is 0 Å². The van der Waals surface area contributed by atoms with E-state index in [1.165, 1.54) is 19.4 Å². The molecule has 0 radical (unpaired) electrons. The Balaban J connectivity index is 2.34. The smallest absolute Gasteiger partial charge is 0.0177 e. The van der Waals surface area contributed by atoms with Crippen molar-refractivity contribution < 1.29 is 0 Å². The average molecular weight is 188 g/mol. The molecule has 0 aromatic rings. The monoisotopic (exact) mass is 187 g/mol. The molecular weight excluding hydrogens is 170 g/mol. The molecule has 0 aliphatic carbocycles. The molecule has 1 aliphatic heterocycles. The van der Waals surface area contributed by atoms with Gasteiger partial charge in [-0.15, -0.1) is 0 Å². The molecule has 2 unspecified atom stereocenters. The molecule has 1 rings (SSSR count). The largest absolute Gasteiger partial charge is 0.297 e. The summed E-state index contributed by atoms with van der Waals surface area (Å²) in [6.07, 6.45) is 4.69. The molecule has 1 saturated heterocycles. The van der Waals surface area contributed by atoms with E-state index in [4.69, 9.17) is 11.6 Å². The summed E-state index contributed by atoms with van der Waals surface area (Å²) >= 11 is 5.49. The molecule has 0 amide bonds. The standard InChI is InChI=1S/C10H18ClN/c1-9-4-7-12(6-3-5-11)10(2)8-9/h3,5,9-10H,4,6-8H2,1-2H3/b5-3+. The highest BCUT2D eigenvalue weighted by molar-refractivity contribution is 6.25. The zero-order valence-electron chi connectivity index (χ0n) is 7.96. The van der Waals surface area contributed by atoms with Gasteiger partial charge in [0, 0.05) is 18.1 Å². The van der Waals surface area contributed by atoms with Crippen LogP contribution < -0.4 is 0 Å².